The average molecular weight is 978 g/mol. The van der Waals surface area contributed by atoms with Crippen molar-refractivity contribution in [2.24, 2.45) is 10.9 Å². The van der Waals surface area contributed by atoms with Gasteiger partial charge in [0.05, 0.1) is 21.0 Å². The van der Waals surface area contributed by atoms with Crippen LogP contribution < -0.4 is 16.5 Å². The highest BCUT2D eigenvalue weighted by Gasteiger charge is 2.26. The molecule has 8 rings (SSSR count). The van der Waals surface area contributed by atoms with Crippen molar-refractivity contribution in [3.8, 4) is 22.6 Å². The molecule has 2 fully saturated rings. The molecule has 4 N–H and O–H groups in total. The van der Waals surface area contributed by atoms with E-state index in [2.05, 4.69) is 10.4 Å². The van der Waals surface area contributed by atoms with Crippen LogP contribution in [0, 0.1) is 44.2 Å². The largest absolute Gasteiger partial charge is 0.458 e. The Morgan fingerprint density at radius 1 is 0.592 bits per heavy atom. The first-order chi connectivity index (χ1) is 33.8. The number of imide groups is 2. The maximum Gasteiger partial charge on any atom is 0.344 e. The smallest absolute Gasteiger partial charge is 0.344 e. The highest BCUT2D eigenvalue weighted by Crippen LogP contribution is 2.28. The number of hydrogen-bond donors (Lipinski definition) is 3. The summed E-state index contributed by atoms with van der Waals surface area (Å²) in [7, 11) is 0. The van der Waals surface area contributed by atoms with E-state index < -0.39 is 32.7 Å². The SMILES string of the molecule is CCc1cc(-c2ccc([N+](=O)[O-])cc2)oc1/C=N/N1CC(=O)NC1=O.CCc1cc(-c2ccc([N+](=O)[O-])cc2)oc1C=O.CCc1cc(C)oc1C=O.Cc1ccc([N+](=O)[O-])cc1.NN1CC(=O)NC1=O. The lowest BCUT2D eigenvalue weighted by Crippen LogP contribution is -2.34. The second-order valence-electron chi connectivity index (χ2n) is 14.9. The number of carbonyl (C=O) groups excluding carboxylic acids is 6. The number of aldehydes is 2. The molecule has 24 nitrogen and oxygen atoms in total. The molecule has 6 aromatic rings. The molecule has 0 unspecified atom stereocenters. The van der Waals surface area contributed by atoms with Gasteiger partial charge in [-0.05, 0) is 81.1 Å². The van der Waals surface area contributed by atoms with Crippen molar-refractivity contribution < 1.29 is 56.8 Å². The number of nitro groups is 3. The predicted molar refractivity (Wildman–Crippen MR) is 254 cm³/mol. The van der Waals surface area contributed by atoms with Crippen LogP contribution in [0.3, 0.4) is 0 Å². The number of aryl methyl sites for hydroxylation is 5. The number of nitrogens with one attached hydrogen (secondary N) is 2. The lowest BCUT2D eigenvalue weighted by atomic mass is 10.1. The van der Waals surface area contributed by atoms with Crippen molar-refractivity contribution in [3.63, 3.8) is 0 Å². The Morgan fingerprint density at radius 3 is 1.32 bits per heavy atom. The summed E-state index contributed by atoms with van der Waals surface area (Å²) >= 11 is 0. The van der Waals surface area contributed by atoms with E-state index in [9.17, 15) is 59.1 Å². The summed E-state index contributed by atoms with van der Waals surface area (Å²) in [6.07, 6.45) is 5.03. The summed E-state index contributed by atoms with van der Waals surface area (Å²) in [5, 5.41) is 41.3. The zero-order valence-electron chi connectivity index (χ0n) is 38.8. The molecule has 5 heterocycles. The van der Waals surface area contributed by atoms with Crippen LogP contribution in [0.5, 0.6) is 0 Å². The summed E-state index contributed by atoms with van der Waals surface area (Å²) in [6, 6.07) is 22.8. The van der Waals surface area contributed by atoms with E-state index in [1.807, 2.05) is 52.1 Å². The van der Waals surface area contributed by atoms with Crippen molar-refractivity contribution in [1.82, 2.24) is 20.7 Å². The van der Waals surface area contributed by atoms with E-state index in [0.717, 1.165) is 50.7 Å². The minimum atomic E-state index is -0.582. The topological polar surface area (TPSA) is 340 Å². The van der Waals surface area contributed by atoms with Gasteiger partial charge in [0.25, 0.3) is 17.1 Å². The molecule has 0 atom stereocenters. The van der Waals surface area contributed by atoms with E-state index in [1.54, 1.807) is 42.5 Å². The number of urea groups is 2. The monoisotopic (exact) mass is 977 g/mol. The van der Waals surface area contributed by atoms with Gasteiger partial charge in [0.1, 0.15) is 30.4 Å². The van der Waals surface area contributed by atoms with Crippen LogP contribution in [0.15, 0.2) is 109 Å². The number of carbonyl (C=O) groups is 6. The van der Waals surface area contributed by atoms with Crippen molar-refractivity contribution in [2.75, 3.05) is 13.1 Å². The third-order valence-corrected chi connectivity index (χ3v) is 9.88. The quantitative estimate of drug-likeness (QED) is 0.0200. The molecule has 0 radical (unpaired) electrons. The van der Waals surface area contributed by atoms with Crippen molar-refractivity contribution >= 4 is 59.7 Å². The van der Waals surface area contributed by atoms with Gasteiger partial charge >= 0.3 is 12.1 Å². The lowest BCUT2D eigenvalue weighted by Gasteiger charge is -2.03. The number of furan rings is 3. The van der Waals surface area contributed by atoms with Crippen LogP contribution in [-0.4, -0.2) is 80.5 Å². The maximum absolute atomic E-state index is 11.5. The summed E-state index contributed by atoms with van der Waals surface area (Å²) in [5.41, 5.74) is 5.29. The fourth-order valence-corrected chi connectivity index (χ4v) is 6.16. The van der Waals surface area contributed by atoms with E-state index in [-0.39, 0.29) is 36.1 Å². The number of benzene rings is 3. The van der Waals surface area contributed by atoms with Crippen molar-refractivity contribution in [1.29, 1.82) is 0 Å². The minimum Gasteiger partial charge on any atom is -0.458 e. The van der Waals surface area contributed by atoms with E-state index in [1.165, 1.54) is 42.6 Å². The molecule has 0 bridgehead atoms. The zero-order valence-corrected chi connectivity index (χ0v) is 38.8. The second kappa shape index (κ2) is 25.6. The summed E-state index contributed by atoms with van der Waals surface area (Å²) in [4.78, 5) is 94.2. The highest BCUT2D eigenvalue weighted by molar-refractivity contribution is 6.02. The van der Waals surface area contributed by atoms with E-state index in [4.69, 9.17) is 19.1 Å². The van der Waals surface area contributed by atoms with E-state index in [0.29, 0.717) is 59.1 Å². The van der Waals surface area contributed by atoms with Crippen LogP contribution >= 0.6 is 0 Å². The molecule has 0 saturated carbocycles. The van der Waals surface area contributed by atoms with Gasteiger partial charge in [0, 0.05) is 58.7 Å². The van der Waals surface area contributed by atoms with Gasteiger partial charge in [-0.1, -0.05) is 38.5 Å². The second-order valence-corrected chi connectivity index (χ2v) is 14.9. The Labute approximate surface area is 403 Å². The standard InChI is InChI=1S/C16H14N4O5.C13H11NO4.C8H10O2.C7H7NO2.C3H5N3O2/c1-2-10-7-13(11-3-5-12(6-4-11)20(23)24)25-14(10)8-17-19-9-15(21)18-16(19)22;1-2-9-7-12(18-13(9)8-15)10-3-5-11(6-4-10)14(16)17;1-3-7-4-6(2)10-8(7)5-9;1-6-2-4-7(5-3-6)8(9)10;4-6-1-2(7)5-3(6)8/h3-8H,2,9H2,1H3,(H,18,21,22);3-8H,2H2,1H3;4-5H,3H2,1-2H3;2-5H,1H3;1,4H2,(H,5,7,8)/b17-8+;;;;. The lowest BCUT2D eigenvalue weighted by molar-refractivity contribution is -0.385. The molecule has 2 saturated heterocycles. The van der Waals surface area contributed by atoms with E-state index >= 15 is 0 Å². The Balaban J connectivity index is 0.000000207. The molecule has 6 amide bonds. The van der Waals surface area contributed by atoms with Crippen LogP contribution in [0.1, 0.15) is 75.7 Å². The number of amides is 6. The number of hydrogen-bond acceptors (Lipinski definition) is 17. The van der Waals surface area contributed by atoms with Crippen molar-refractivity contribution in [2.45, 2.75) is 53.9 Å². The predicted octanol–water partition coefficient (Wildman–Crippen LogP) is 7.81. The molecule has 2 aliphatic heterocycles. The Hall–Kier alpha value is -9.45. The first-order valence-corrected chi connectivity index (χ1v) is 21.3. The molecule has 3 aromatic heterocycles. The van der Waals surface area contributed by atoms with Gasteiger partial charge in [-0.15, -0.1) is 0 Å². The number of hydrazine groups is 1. The number of nitrogens with two attached hydrogens (primary N) is 1. The first kappa shape index (κ1) is 54.2. The van der Waals surface area contributed by atoms with Gasteiger partial charge in [-0.3, -0.25) is 65.2 Å². The highest BCUT2D eigenvalue weighted by atomic mass is 16.6. The Bertz CT molecular complexity index is 2920. The Kier molecular flexibility index (Phi) is 19.5. The molecule has 0 spiro atoms. The molecule has 3 aromatic carbocycles. The van der Waals surface area contributed by atoms with Crippen LogP contribution in [0.4, 0.5) is 26.7 Å². The van der Waals surface area contributed by atoms with Crippen LogP contribution in [0.25, 0.3) is 22.6 Å². The molecule has 71 heavy (non-hydrogen) atoms. The van der Waals surface area contributed by atoms with Gasteiger partial charge in [-0.25, -0.2) is 20.4 Å². The van der Waals surface area contributed by atoms with Gasteiger partial charge in [0.15, 0.2) is 29.9 Å². The number of non-ortho nitro benzene ring substituents is 3. The fraction of sp³-hybridized carbons (Fsp3) is 0.213. The first-order valence-electron chi connectivity index (χ1n) is 21.3. The summed E-state index contributed by atoms with van der Waals surface area (Å²) in [5.74, 6) is 7.34. The van der Waals surface area contributed by atoms with Gasteiger partial charge in [0.2, 0.25) is 11.8 Å². The molecular formula is C47H47N9O15. The average Bonchev–Trinajstić information content (AvgIpc) is 4.19. The van der Waals surface area contributed by atoms with Gasteiger partial charge in [-0.2, -0.15) is 5.10 Å². The third kappa shape index (κ3) is 15.5. The number of nitrogens with zero attached hydrogens (tertiary/aromatic N) is 6. The molecular weight excluding hydrogens is 931 g/mol. The maximum atomic E-state index is 11.5. The minimum absolute atomic E-state index is 0.00230. The molecule has 2 aliphatic rings. The van der Waals surface area contributed by atoms with Crippen molar-refractivity contribution in [3.05, 3.63) is 167 Å². The van der Waals surface area contributed by atoms with Gasteiger partial charge < -0.3 is 13.3 Å². The normalized spacial score (nSPS) is 12.5. The number of hydrazone groups is 1. The number of nitro benzene ring substituents is 3. The molecule has 0 aliphatic carbocycles. The fourth-order valence-electron chi connectivity index (χ4n) is 6.16. The van der Waals surface area contributed by atoms with Crippen LogP contribution in [-0.2, 0) is 28.9 Å². The molecule has 24 heteroatoms. The third-order valence-electron chi connectivity index (χ3n) is 9.88. The molecule has 370 valence electrons. The summed E-state index contributed by atoms with van der Waals surface area (Å²) < 4.78 is 16.2. The zero-order chi connectivity index (χ0) is 52.4. The Morgan fingerprint density at radius 2 is 0.986 bits per heavy atom. The summed E-state index contributed by atoms with van der Waals surface area (Å²) in [6.45, 7) is 9.43. The number of rotatable bonds is 12. The van der Waals surface area contributed by atoms with Crippen LogP contribution in [0.2, 0.25) is 0 Å².